The van der Waals surface area contributed by atoms with Gasteiger partial charge in [0.1, 0.15) is 12.1 Å². The number of hydrogen-bond acceptors (Lipinski definition) is 4. The fraction of sp³-hybridized carbons (Fsp3) is 0.471. The maximum atomic E-state index is 12.5. The van der Waals surface area contributed by atoms with E-state index in [2.05, 4.69) is 15.3 Å². The lowest BCUT2D eigenvalue weighted by atomic mass is 9.84. The summed E-state index contributed by atoms with van der Waals surface area (Å²) in [6.07, 6.45) is 10.5. The van der Waals surface area contributed by atoms with Gasteiger partial charge in [-0.1, -0.05) is 0 Å². The number of carbonyl (C=O) groups is 1. The van der Waals surface area contributed by atoms with Gasteiger partial charge in [-0.05, 0) is 48.8 Å². The zero-order valence-electron chi connectivity index (χ0n) is 12.9. The highest BCUT2D eigenvalue weighted by atomic mass is 16.1. The minimum Gasteiger partial charge on any atom is -0.352 e. The molecule has 0 radical (unpaired) electrons. The first kappa shape index (κ1) is 14.4. The molecule has 2 aromatic rings. The molecule has 4 atom stereocenters. The first-order chi connectivity index (χ1) is 11.2. The van der Waals surface area contributed by atoms with Gasteiger partial charge in [0.05, 0.1) is 5.92 Å². The summed E-state index contributed by atoms with van der Waals surface area (Å²) in [5.74, 6) is 1.92. The molecule has 0 saturated heterocycles. The van der Waals surface area contributed by atoms with Crippen molar-refractivity contribution >= 4 is 5.91 Å². The van der Waals surface area contributed by atoms with Crippen LogP contribution in [0.25, 0.3) is 5.82 Å². The molecule has 2 heterocycles. The van der Waals surface area contributed by atoms with Crippen LogP contribution in [0.15, 0.2) is 37.1 Å². The second kappa shape index (κ2) is 5.77. The lowest BCUT2D eigenvalue weighted by Gasteiger charge is -2.27. The summed E-state index contributed by atoms with van der Waals surface area (Å²) < 4.78 is 1.84. The third-order valence-electron chi connectivity index (χ3n) is 5.33. The Morgan fingerprint density at radius 3 is 2.96 bits per heavy atom. The van der Waals surface area contributed by atoms with Crippen LogP contribution in [0.5, 0.6) is 0 Å². The Bertz CT molecular complexity index is 697. The number of pyridine rings is 1. The summed E-state index contributed by atoms with van der Waals surface area (Å²) in [5.41, 5.74) is 7.26. The van der Waals surface area contributed by atoms with Gasteiger partial charge in [-0.25, -0.2) is 9.97 Å². The van der Waals surface area contributed by atoms with Crippen LogP contribution in [0.2, 0.25) is 0 Å². The highest BCUT2D eigenvalue weighted by Crippen LogP contribution is 2.47. The SMILES string of the molecule is NC1C2CCC(C2)C1C(=O)NCc1ccnc(-n2ccnc2)c1. The fourth-order valence-electron chi connectivity index (χ4n) is 4.14. The summed E-state index contributed by atoms with van der Waals surface area (Å²) in [5, 5.41) is 3.06. The van der Waals surface area contributed by atoms with Crippen LogP contribution in [0, 0.1) is 17.8 Å². The van der Waals surface area contributed by atoms with E-state index >= 15 is 0 Å². The van der Waals surface area contributed by atoms with Crippen molar-refractivity contribution in [3.63, 3.8) is 0 Å². The molecule has 0 spiro atoms. The quantitative estimate of drug-likeness (QED) is 0.890. The van der Waals surface area contributed by atoms with Gasteiger partial charge < -0.3 is 11.1 Å². The maximum Gasteiger partial charge on any atom is 0.225 e. The Labute approximate surface area is 135 Å². The van der Waals surface area contributed by atoms with Gasteiger partial charge in [-0.3, -0.25) is 9.36 Å². The molecular formula is C17H21N5O. The number of hydrogen-bond donors (Lipinski definition) is 2. The van der Waals surface area contributed by atoms with Crippen LogP contribution >= 0.6 is 0 Å². The molecule has 4 unspecified atom stereocenters. The number of nitrogens with two attached hydrogens (primary N) is 1. The van der Waals surface area contributed by atoms with Crippen molar-refractivity contribution in [3.05, 3.63) is 42.6 Å². The molecule has 2 fully saturated rings. The van der Waals surface area contributed by atoms with Gasteiger partial charge in [0, 0.05) is 31.2 Å². The van der Waals surface area contributed by atoms with Crippen LogP contribution < -0.4 is 11.1 Å². The molecule has 2 aliphatic rings. The molecule has 0 aliphatic heterocycles. The van der Waals surface area contributed by atoms with Gasteiger partial charge in [0.25, 0.3) is 0 Å². The molecule has 120 valence electrons. The largest absolute Gasteiger partial charge is 0.352 e. The number of nitrogens with one attached hydrogen (secondary N) is 1. The fourth-order valence-corrected chi connectivity index (χ4v) is 4.14. The standard InChI is InChI=1S/C17H21N5O/c18-16-13-2-1-12(8-13)15(16)17(23)21-9-11-3-4-20-14(7-11)22-6-5-19-10-22/h3-7,10,12-13,15-16H,1-2,8-9,18H2,(H,21,23). The summed E-state index contributed by atoms with van der Waals surface area (Å²) >= 11 is 0. The first-order valence-corrected chi connectivity index (χ1v) is 8.19. The highest BCUT2D eigenvalue weighted by molar-refractivity contribution is 5.80. The molecule has 3 N–H and O–H groups in total. The van der Waals surface area contributed by atoms with Crippen molar-refractivity contribution in [2.24, 2.45) is 23.5 Å². The Morgan fingerprint density at radius 2 is 2.22 bits per heavy atom. The maximum absolute atomic E-state index is 12.5. The average Bonchev–Trinajstić information content (AvgIpc) is 3.30. The number of imidazole rings is 1. The Morgan fingerprint density at radius 1 is 1.35 bits per heavy atom. The van der Waals surface area contributed by atoms with Crippen molar-refractivity contribution < 1.29 is 4.79 Å². The molecule has 2 bridgehead atoms. The van der Waals surface area contributed by atoms with Crippen LogP contribution in [-0.4, -0.2) is 26.5 Å². The number of aromatic nitrogens is 3. The number of amides is 1. The number of nitrogens with zero attached hydrogens (tertiary/aromatic N) is 3. The molecule has 6 nitrogen and oxygen atoms in total. The zero-order valence-corrected chi connectivity index (χ0v) is 12.9. The van der Waals surface area contributed by atoms with Gasteiger partial charge in [-0.15, -0.1) is 0 Å². The second-order valence-corrected chi connectivity index (χ2v) is 6.65. The van der Waals surface area contributed by atoms with E-state index in [1.54, 1.807) is 18.7 Å². The molecule has 2 aromatic heterocycles. The molecular weight excluding hydrogens is 290 g/mol. The zero-order chi connectivity index (χ0) is 15.8. The molecule has 23 heavy (non-hydrogen) atoms. The lowest BCUT2D eigenvalue weighted by Crippen LogP contribution is -2.45. The number of rotatable bonds is 4. The van der Waals surface area contributed by atoms with Crippen LogP contribution in [0.3, 0.4) is 0 Å². The molecule has 2 aliphatic carbocycles. The van der Waals surface area contributed by atoms with E-state index in [0.29, 0.717) is 18.4 Å². The topological polar surface area (TPSA) is 85.8 Å². The van der Waals surface area contributed by atoms with Crippen LogP contribution in [0.4, 0.5) is 0 Å². The third kappa shape index (κ3) is 2.63. The van der Waals surface area contributed by atoms with Crippen LogP contribution in [-0.2, 0) is 11.3 Å². The normalized spacial score (nSPS) is 28.9. The molecule has 2 saturated carbocycles. The summed E-state index contributed by atoms with van der Waals surface area (Å²) in [4.78, 5) is 20.9. The van der Waals surface area contributed by atoms with E-state index in [-0.39, 0.29) is 17.9 Å². The molecule has 1 amide bonds. The molecule has 4 rings (SSSR count). The summed E-state index contributed by atoms with van der Waals surface area (Å²) in [6, 6.07) is 3.91. The third-order valence-corrected chi connectivity index (χ3v) is 5.33. The smallest absolute Gasteiger partial charge is 0.225 e. The lowest BCUT2D eigenvalue weighted by molar-refractivity contribution is -0.127. The van der Waals surface area contributed by atoms with E-state index in [0.717, 1.165) is 24.2 Å². The van der Waals surface area contributed by atoms with E-state index in [1.165, 1.54) is 6.42 Å². The monoisotopic (exact) mass is 311 g/mol. The number of fused-ring (bicyclic) bond motifs is 2. The molecule has 0 aromatic carbocycles. The first-order valence-electron chi connectivity index (χ1n) is 8.19. The minimum absolute atomic E-state index is 0.0105. The van der Waals surface area contributed by atoms with E-state index < -0.39 is 0 Å². The van der Waals surface area contributed by atoms with E-state index in [1.807, 2.05) is 22.9 Å². The van der Waals surface area contributed by atoms with Gasteiger partial charge in [0.15, 0.2) is 0 Å². The average molecular weight is 311 g/mol. The second-order valence-electron chi connectivity index (χ2n) is 6.65. The van der Waals surface area contributed by atoms with Crippen molar-refractivity contribution in [2.45, 2.75) is 31.8 Å². The number of carbonyl (C=O) groups excluding carboxylic acids is 1. The van der Waals surface area contributed by atoms with Crippen molar-refractivity contribution in [2.75, 3.05) is 0 Å². The predicted octanol–water partition coefficient (Wildman–Crippen LogP) is 1.26. The van der Waals surface area contributed by atoms with Crippen molar-refractivity contribution in [1.29, 1.82) is 0 Å². The van der Waals surface area contributed by atoms with E-state index in [4.69, 9.17) is 5.73 Å². The van der Waals surface area contributed by atoms with Crippen molar-refractivity contribution in [3.8, 4) is 5.82 Å². The van der Waals surface area contributed by atoms with Crippen molar-refractivity contribution in [1.82, 2.24) is 19.9 Å². The van der Waals surface area contributed by atoms with Gasteiger partial charge >= 0.3 is 0 Å². The summed E-state index contributed by atoms with van der Waals surface area (Å²) in [6.45, 7) is 0.504. The molecule has 6 heteroatoms. The minimum atomic E-state index is -0.0105. The summed E-state index contributed by atoms with van der Waals surface area (Å²) in [7, 11) is 0. The predicted molar refractivity (Wildman–Crippen MR) is 85.5 cm³/mol. The Hall–Kier alpha value is -2.21. The van der Waals surface area contributed by atoms with Gasteiger partial charge in [0.2, 0.25) is 5.91 Å². The highest BCUT2D eigenvalue weighted by Gasteiger charge is 2.48. The Kier molecular flexibility index (Phi) is 3.61. The Balaban J connectivity index is 1.41. The van der Waals surface area contributed by atoms with Crippen LogP contribution in [0.1, 0.15) is 24.8 Å². The van der Waals surface area contributed by atoms with E-state index in [9.17, 15) is 4.79 Å². The van der Waals surface area contributed by atoms with Gasteiger partial charge in [-0.2, -0.15) is 0 Å².